The lowest BCUT2D eigenvalue weighted by atomic mass is 10.4. The highest BCUT2D eigenvalue weighted by atomic mass is 32.2. The van der Waals surface area contributed by atoms with Gasteiger partial charge in [-0.2, -0.15) is 5.10 Å². The van der Waals surface area contributed by atoms with Crippen molar-refractivity contribution in [3.8, 4) is 0 Å². The van der Waals surface area contributed by atoms with Crippen LogP contribution in [-0.2, 0) is 10.0 Å². The first kappa shape index (κ1) is 12.2. The average Bonchev–Trinajstić information content (AvgIpc) is 2.64. The molecule has 0 atom stereocenters. The van der Waals surface area contributed by atoms with E-state index in [-0.39, 0.29) is 24.0 Å². The van der Waals surface area contributed by atoms with E-state index < -0.39 is 10.0 Å². The summed E-state index contributed by atoms with van der Waals surface area (Å²) in [4.78, 5) is 0.171. The molecule has 1 heterocycles. The van der Waals surface area contributed by atoms with Crippen LogP contribution in [0.5, 0.6) is 0 Å². The topological polar surface area (TPSA) is 90.0 Å². The highest BCUT2D eigenvalue weighted by Gasteiger charge is 2.15. The Kier molecular flexibility index (Phi) is 3.83. The highest BCUT2D eigenvalue weighted by Crippen LogP contribution is 2.10. The molecule has 0 radical (unpaired) electrons. The molecule has 0 fully saturated rings. The second-order valence-electron chi connectivity index (χ2n) is 3.44. The summed E-state index contributed by atoms with van der Waals surface area (Å²) in [6.45, 7) is 4.36. The van der Waals surface area contributed by atoms with Gasteiger partial charge in [-0.05, 0) is 13.8 Å². The molecular weight excluding hydrogens is 216 g/mol. The van der Waals surface area contributed by atoms with Crippen molar-refractivity contribution < 1.29 is 8.42 Å². The third-order valence-corrected chi connectivity index (χ3v) is 3.27. The van der Waals surface area contributed by atoms with Crippen molar-refractivity contribution >= 4 is 10.0 Å². The number of aromatic nitrogens is 2. The SMILES string of the molecule is CC(C)n1cc(S(=O)(=O)NCCN)cn1. The molecule has 0 unspecified atom stereocenters. The lowest BCUT2D eigenvalue weighted by molar-refractivity contribution is 0.531. The van der Waals surface area contributed by atoms with E-state index in [0.29, 0.717) is 0 Å². The van der Waals surface area contributed by atoms with Gasteiger partial charge in [0.2, 0.25) is 10.0 Å². The van der Waals surface area contributed by atoms with Crippen LogP contribution in [0.3, 0.4) is 0 Å². The summed E-state index contributed by atoms with van der Waals surface area (Å²) in [5.41, 5.74) is 5.22. The van der Waals surface area contributed by atoms with Gasteiger partial charge in [0, 0.05) is 25.3 Å². The highest BCUT2D eigenvalue weighted by molar-refractivity contribution is 7.89. The monoisotopic (exact) mass is 232 g/mol. The molecule has 0 bridgehead atoms. The van der Waals surface area contributed by atoms with Crippen LogP contribution in [0.25, 0.3) is 0 Å². The minimum absolute atomic E-state index is 0.142. The largest absolute Gasteiger partial charge is 0.329 e. The third-order valence-electron chi connectivity index (χ3n) is 1.85. The first-order chi connectivity index (χ1) is 6.97. The number of hydrogen-bond acceptors (Lipinski definition) is 4. The molecule has 0 amide bonds. The normalized spacial score (nSPS) is 12.3. The molecule has 0 aromatic carbocycles. The van der Waals surface area contributed by atoms with Crippen LogP contribution in [0.15, 0.2) is 17.3 Å². The van der Waals surface area contributed by atoms with Crippen LogP contribution in [0, 0.1) is 0 Å². The van der Waals surface area contributed by atoms with E-state index >= 15 is 0 Å². The van der Waals surface area contributed by atoms with Gasteiger partial charge in [0.15, 0.2) is 0 Å². The Balaban J connectivity index is 2.86. The standard InChI is InChI=1S/C8H16N4O2S/c1-7(2)12-6-8(5-10-12)15(13,14)11-4-3-9/h5-7,11H,3-4,9H2,1-2H3. The fourth-order valence-electron chi connectivity index (χ4n) is 1.02. The maximum absolute atomic E-state index is 11.6. The maximum atomic E-state index is 11.6. The molecule has 1 aromatic rings. The zero-order chi connectivity index (χ0) is 11.5. The van der Waals surface area contributed by atoms with Crippen molar-refractivity contribution in [1.29, 1.82) is 0 Å². The third kappa shape index (κ3) is 3.01. The average molecular weight is 232 g/mol. The molecule has 7 heteroatoms. The van der Waals surface area contributed by atoms with Gasteiger partial charge in [0.25, 0.3) is 0 Å². The summed E-state index contributed by atoms with van der Waals surface area (Å²) in [5, 5.41) is 3.96. The van der Waals surface area contributed by atoms with E-state index in [1.165, 1.54) is 12.4 Å². The smallest absolute Gasteiger partial charge is 0.243 e. The number of sulfonamides is 1. The van der Waals surface area contributed by atoms with Crippen molar-refractivity contribution in [2.45, 2.75) is 24.8 Å². The van der Waals surface area contributed by atoms with E-state index in [4.69, 9.17) is 5.73 Å². The van der Waals surface area contributed by atoms with E-state index in [9.17, 15) is 8.42 Å². The molecule has 0 saturated heterocycles. The fraction of sp³-hybridized carbons (Fsp3) is 0.625. The molecule has 3 N–H and O–H groups in total. The van der Waals surface area contributed by atoms with Crippen molar-refractivity contribution in [2.24, 2.45) is 5.73 Å². The molecule has 0 spiro atoms. The molecule has 0 aliphatic carbocycles. The molecule has 0 aliphatic rings. The van der Waals surface area contributed by atoms with Crippen LogP contribution < -0.4 is 10.5 Å². The van der Waals surface area contributed by atoms with Crippen LogP contribution >= 0.6 is 0 Å². The molecule has 15 heavy (non-hydrogen) atoms. The van der Waals surface area contributed by atoms with Gasteiger partial charge in [-0.15, -0.1) is 0 Å². The second kappa shape index (κ2) is 4.73. The summed E-state index contributed by atoms with van der Waals surface area (Å²) in [6.07, 6.45) is 2.84. The van der Waals surface area contributed by atoms with E-state index in [1.807, 2.05) is 13.8 Å². The Morgan fingerprint density at radius 1 is 1.60 bits per heavy atom. The van der Waals surface area contributed by atoms with Crippen LogP contribution in [-0.4, -0.2) is 31.3 Å². The zero-order valence-electron chi connectivity index (χ0n) is 8.84. The number of nitrogens with two attached hydrogens (primary N) is 1. The number of hydrogen-bond donors (Lipinski definition) is 2. The van der Waals surface area contributed by atoms with Gasteiger partial charge in [0.05, 0.1) is 6.20 Å². The van der Waals surface area contributed by atoms with Gasteiger partial charge in [-0.25, -0.2) is 13.1 Å². The van der Waals surface area contributed by atoms with Crippen molar-refractivity contribution in [1.82, 2.24) is 14.5 Å². The predicted octanol–water partition coefficient (Wildman–Crippen LogP) is -0.299. The summed E-state index contributed by atoms with van der Waals surface area (Å²) < 4.78 is 27.2. The van der Waals surface area contributed by atoms with E-state index in [2.05, 4.69) is 9.82 Å². The lowest BCUT2D eigenvalue weighted by Gasteiger charge is -2.04. The van der Waals surface area contributed by atoms with Gasteiger partial charge in [-0.1, -0.05) is 0 Å². The summed E-state index contributed by atoms with van der Waals surface area (Å²) in [6, 6.07) is 0.142. The number of rotatable bonds is 5. The summed E-state index contributed by atoms with van der Waals surface area (Å²) >= 11 is 0. The predicted molar refractivity (Wildman–Crippen MR) is 56.9 cm³/mol. The van der Waals surface area contributed by atoms with Crippen LogP contribution in [0.1, 0.15) is 19.9 Å². The number of nitrogens with one attached hydrogen (secondary N) is 1. The Morgan fingerprint density at radius 3 is 2.73 bits per heavy atom. The molecular formula is C8H16N4O2S. The molecule has 1 rings (SSSR count). The summed E-state index contributed by atoms with van der Waals surface area (Å²) in [7, 11) is -3.45. The Labute approximate surface area is 89.5 Å². The lowest BCUT2D eigenvalue weighted by Crippen LogP contribution is -2.28. The van der Waals surface area contributed by atoms with Gasteiger partial charge >= 0.3 is 0 Å². The van der Waals surface area contributed by atoms with Crippen molar-refractivity contribution in [3.05, 3.63) is 12.4 Å². The van der Waals surface area contributed by atoms with Gasteiger partial charge in [-0.3, -0.25) is 4.68 Å². The Bertz CT molecular complexity index is 410. The first-order valence-corrected chi connectivity index (χ1v) is 6.19. The molecule has 86 valence electrons. The fourth-order valence-corrected chi connectivity index (χ4v) is 2.00. The van der Waals surface area contributed by atoms with E-state index in [0.717, 1.165) is 0 Å². The Hall–Kier alpha value is -0.920. The first-order valence-electron chi connectivity index (χ1n) is 4.71. The minimum Gasteiger partial charge on any atom is -0.329 e. The minimum atomic E-state index is -3.45. The van der Waals surface area contributed by atoms with Crippen molar-refractivity contribution in [2.75, 3.05) is 13.1 Å². The zero-order valence-corrected chi connectivity index (χ0v) is 9.66. The Morgan fingerprint density at radius 2 is 2.27 bits per heavy atom. The van der Waals surface area contributed by atoms with E-state index in [1.54, 1.807) is 4.68 Å². The van der Waals surface area contributed by atoms with Gasteiger partial charge in [0.1, 0.15) is 4.90 Å². The van der Waals surface area contributed by atoms with Gasteiger partial charge < -0.3 is 5.73 Å². The molecule has 0 aliphatic heterocycles. The quantitative estimate of drug-likeness (QED) is 0.729. The number of nitrogens with zero attached hydrogens (tertiary/aromatic N) is 2. The second-order valence-corrected chi connectivity index (χ2v) is 5.20. The molecule has 0 saturated carbocycles. The summed E-state index contributed by atoms with van der Waals surface area (Å²) in [5.74, 6) is 0. The molecule has 6 nitrogen and oxygen atoms in total. The molecule has 1 aromatic heterocycles. The van der Waals surface area contributed by atoms with Crippen LogP contribution in [0.4, 0.5) is 0 Å². The maximum Gasteiger partial charge on any atom is 0.243 e. The van der Waals surface area contributed by atoms with Crippen molar-refractivity contribution in [3.63, 3.8) is 0 Å². The van der Waals surface area contributed by atoms with Crippen LogP contribution in [0.2, 0.25) is 0 Å².